The molecule has 4 heteroatoms. The van der Waals surface area contributed by atoms with Gasteiger partial charge in [0.05, 0.1) is 19.8 Å². The molecule has 3 rings (SSSR count). The van der Waals surface area contributed by atoms with Crippen LogP contribution in [0.2, 0.25) is 0 Å². The molecule has 0 saturated heterocycles. The molecule has 4 nitrogen and oxygen atoms in total. The molecular formula is C26H26O4. The first-order chi connectivity index (χ1) is 14.4. The maximum Gasteiger partial charge on any atom is 0.193 e. The quantitative estimate of drug-likeness (QED) is 0.373. The summed E-state index contributed by atoms with van der Waals surface area (Å²) >= 11 is 0. The van der Waals surface area contributed by atoms with Gasteiger partial charge in [0.2, 0.25) is 0 Å². The summed E-state index contributed by atoms with van der Waals surface area (Å²) in [5, 5.41) is 10.7. The molecule has 0 amide bonds. The molecule has 154 valence electrons. The SMILES string of the molecule is C=C(C)COC(C)c1cc(-c2ccccc2C(=O)c2ccccc2)c(O)cc1OC. The van der Waals surface area contributed by atoms with Crippen LogP contribution in [-0.4, -0.2) is 24.6 Å². The highest BCUT2D eigenvalue weighted by Crippen LogP contribution is 2.40. The van der Waals surface area contributed by atoms with Crippen molar-refractivity contribution in [3.63, 3.8) is 0 Å². The van der Waals surface area contributed by atoms with Crippen molar-refractivity contribution in [1.82, 2.24) is 0 Å². The van der Waals surface area contributed by atoms with Gasteiger partial charge in [-0.25, -0.2) is 0 Å². The maximum absolute atomic E-state index is 13.1. The Labute approximate surface area is 177 Å². The van der Waals surface area contributed by atoms with Crippen molar-refractivity contribution in [2.45, 2.75) is 20.0 Å². The highest BCUT2D eigenvalue weighted by atomic mass is 16.5. The molecule has 30 heavy (non-hydrogen) atoms. The molecule has 1 unspecified atom stereocenters. The smallest absolute Gasteiger partial charge is 0.193 e. The normalized spacial score (nSPS) is 11.7. The maximum atomic E-state index is 13.1. The molecule has 0 heterocycles. The number of phenols is 1. The van der Waals surface area contributed by atoms with Gasteiger partial charge in [0.25, 0.3) is 0 Å². The molecule has 0 aliphatic heterocycles. The Morgan fingerprint density at radius 3 is 2.37 bits per heavy atom. The Balaban J connectivity index is 2.09. The lowest BCUT2D eigenvalue weighted by molar-refractivity contribution is 0.0818. The fourth-order valence-electron chi connectivity index (χ4n) is 3.31. The molecule has 1 atom stereocenters. The van der Waals surface area contributed by atoms with Gasteiger partial charge in [-0.3, -0.25) is 4.79 Å². The highest BCUT2D eigenvalue weighted by Gasteiger charge is 2.21. The highest BCUT2D eigenvalue weighted by molar-refractivity contribution is 6.13. The minimum absolute atomic E-state index is 0.0380. The number of benzene rings is 3. The zero-order valence-corrected chi connectivity index (χ0v) is 17.5. The molecule has 3 aromatic carbocycles. The Kier molecular flexibility index (Phi) is 6.70. The first-order valence-electron chi connectivity index (χ1n) is 9.78. The number of carbonyl (C=O) groups is 1. The second-order valence-corrected chi connectivity index (χ2v) is 7.26. The Morgan fingerprint density at radius 2 is 1.70 bits per heavy atom. The van der Waals surface area contributed by atoms with Crippen LogP contribution in [-0.2, 0) is 4.74 Å². The van der Waals surface area contributed by atoms with Crippen LogP contribution < -0.4 is 4.74 Å². The van der Waals surface area contributed by atoms with Gasteiger partial charge in [-0.15, -0.1) is 0 Å². The fraction of sp³-hybridized carbons (Fsp3) is 0.192. The van der Waals surface area contributed by atoms with Crippen molar-refractivity contribution < 1.29 is 19.4 Å². The average Bonchev–Trinajstić information content (AvgIpc) is 2.77. The number of methoxy groups -OCH3 is 1. The molecule has 1 N–H and O–H groups in total. The van der Waals surface area contributed by atoms with Crippen LogP contribution in [0.15, 0.2) is 78.9 Å². The van der Waals surface area contributed by atoms with E-state index in [2.05, 4.69) is 6.58 Å². The number of ether oxygens (including phenoxy) is 2. The van der Waals surface area contributed by atoms with Gasteiger partial charge in [0.1, 0.15) is 11.5 Å². The van der Waals surface area contributed by atoms with Crippen molar-refractivity contribution in [2.24, 2.45) is 0 Å². The summed E-state index contributed by atoms with van der Waals surface area (Å²) < 4.78 is 11.3. The Hall–Kier alpha value is -3.37. The standard InChI is InChI=1S/C26H26O4/c1-17(2)16-30-18(3)22-14-23(24(27)15-25(22)29-4)20-12-8-9-13-21(20)26(28)19-10-6-5-7-11-19/h5-15,18,27H,1,16H2,2-4H3. The van der Waals surface area contributed by atoms with Crippen LogP contribution >= 0.6 is 0 Å². The Morgan fingerprint density at radius 1 is 1.03 bits per heavy atom. The summed E-state index contributed by atoms with van der Waals surface area (Å²) in [6, 6.07) is 19.8. The first kappa shape index (κ1) is 21.3. The predicted octanol–water partition coefficient (Wildman–Crippen LogP) is 5.95. The monoisotopic (exact) mass is 402 g/mol. The van der Waals surface area contributed by atoms with Gasteiger partial charge in [-0.2, -0.15) is 0 Å². The zero-order chi connectivity index (χ0) is 21.7. The Bertz CT molecular complexity index is 1050. The third kappa shape index (κ3) is 4.61. The van der Waals surface area contributed by atoms with E-state index in [1.54, 1.807) is 31.4 Å². The first-order valence-corrected chi connectivity index (χ1v) is 9.78. The van der Waals surface area contributed by atoms with E-state index in [1.165, 1.54) is 0 Å². The zero-order valence-electron chi connectivity index (χ0n) is 17.5. The molecule has 0 radical (unpaired) electrons. The minimum atomic E-state index is -0.284. The number of rotatable bonds is 8. The number of carbonyl (C=O) groups excluding carboxylic acids is 1. The molecule has 0 bridgehead atoms. The summed E-state index contributed by atoms with van der Waals surface area (Å²) in [7, 11) is 1.55. The molecule has 0 aliphatic carbocycles. The topological polar surface area (TPSA) is 55.8 Å². The summed E-state index contributed by atoms with van der Waals surface area (Å²) in [6.07, 6.45) is -0.284. The van der Waals surface area contributed by atoms with Crippen LogP contribution in [0.25, 0.3) is 11.1 Å². The largest absolute Gasteiger partial charge is 0.507 e. The minimum Gasteiger partial charge on any atom is -0.507 e. The second kappa shape index (κ2) is 9.42. The fourth-order valence-corrected chi connectivity index (χ4v) is 3.31. The van der Waals surface area contributed by atoms with E-state index in [0.717, 1.165) is 11.1 Å². The van der Waals surface area contributed by atoms with E-state index >= 15 is 0 Å². The third-order valence-corrected chi connectivity index (χ3v) is 4.86. The summed E-state index contributed by atoms with van der Waals surface area (Å²) in [5.74, 6) is 0.461. The number of hydrogen-bond acceptors (Lipinski definition) is 4. The molecule has 0 fully saturated rings. The molecular weight excluding hydrogens is 376 g/mol. The molecule has 3 aromatic rings. The lowest BCUT2D eigenvalue weighted by atomic mass is 9.91. The van der Waals surface area contributed by atoms with Gasteiger partial charge in [0, 0.05) is 28.3 Å². The molecule has 0 spiro atoms. The van der Waals surface area contributed by atoms with Crippen molar-refractivity contribution in [3.8, 4) is 22.6 Å². The van der Waals surface area contributed by atoms with E-state index in [1.807, 2.05) is 56.3 Å². The van der Waals surface area contributed by atoms with E-state index < -0.39 is 0 Å². The van der Waals surface area contributed by atoms with Gasteiger partial charge in [0.15, 0.2) is 5.78 Å². The lowest BCUT2D eigenvalue weighted by Gasteiger charge is -2.19. The van der Waals surface area contributed by atoms with Crippen molar-refractivity contribution >= 4 is 5.78 Å². The van der Waals surface area contributed by atoms with Gasteiger partial charge in [-0.05, 0) is 25.5 Å². The number of hydrogen-bond donors (Lipinski definition) is 1. The van der Waals surface area contributed by atoms with Crippen molar-refractivity contribution in [2.75, 3.05) is 13.7 Å². The molecule has 0 aliphatic rings. The lowest BCUT2D eigenvalue weighted by Crippen LogP contribution is -2.06. The van der Waals surface area contributed by atoms with E-state index in [4.69, 9.17) is 9.47 Å². The number of aromatic hydroxyl groups is 1. The molecule has 0 aromatic heterocycles. The van der Waals surface area contributed by atoms with Crippen molar-refractivity contribution in [3.05, 3.63) is 95.6 Å². The van der Waals surface area contributed by atoms with Gasteiger partial charge >= 0.3 is 0 Å². The van der Waals surface area contributed by atoms with Crippen molar-refractivity contribution in [1.29, 1.82) is 0 Å². The summed E-state index contributed by atoms with van der Waals surface area (Å²) in [5.41, 5.74) is 4.02. The van der Waals surface area contributed by atoms with Gasteiger partial charge in [-0.1, -0.05) is 66.7 Å². The predicted molar refractivity (Wildman–Crippen MR) is 119 cm³/mol. The van der Waals surface area contributed by atoms with E-state index in [-0.39, 0.29) is 17.6 Å². The second-order valence-electron chi connectivity index (χ2n) is 7.26. The summed E-state index contributed by atoms with van der Waals surface area (Å²) in [6.45, 7) is 8.11. The van der Waals surface area contributed by atoms with Crippen LogP contribution in [0.1, 0.15) is 41.4 Å². The van der Waals surface area contributed by atoms with Crippen LogP contribution in [0.3, 0.4) is 0 Å². The van der Waals surface area contributed by atoms with Crippen LogP contribution in [0.4, 0.5) is 0 Å². The summed E-state index contributed by atoms with van der Waals surface area (Å²) in [4.78, 5) is 13.1. The third-order valence-electron chi connectivity index (χ3n) is 4.86. The molecule has 0 saturated carbocycles. The number of phenolic OH excluding ortho intramolecular Hbond substituents is 1. The van der Waals surface area contributed by atoms with E-state index in [0.29, 0.717) is 34.6 Å². The number of ketones is 1. The average molecular weight is 402 g/mol. The van der Waals surface area contributed by atoms with E-state index in [9.17, 15) is 9.90 Å². The van der Waals surface area contributed by atoms with Crippen LogP contribution in [0, 0.1) is 0 Å². The van der Waals surface area contributed by atoms with Gasteiger partial charge < -0.3 is 14.6 Å². The van der Waals surface area contributed by atoms with Crippen LogP contribution in [0.5, 0.6) is 11.5 Å².